The summed E-state index contributed by atoms with van der Waals surface area (Å²) >= 11 is 0. The zero-order valence-corrected chi connectivity index (χ0v) is 14.2. The van der Waals surface area contributed by atoms with Crippen molar-refractivity contribution in [2.75, 3.05) is 32.7 Å². The Kier molecular flexibility index (Phi) is 6.29. The fraction of sp³-hybridized carbons (Fsp3) is 0.588. The smallest absolute Gasteiger partial charge is 0.406 e. The van der Waals surface area contributed by atoms with Crippen molar-refractivity contribution >= 4 is 5.91 Å². The second-order valence-corrected chi connectivity index (χ2v) is 6.77. The Balaban J connectivity index is 1.69. The fourth-order valence-electron chi connectivity index (χ4n) is 2.89. The molecule has 0 bridgehead atoms. The lowest BCUT2D eigenvalue weighted by molar-refractivity contribution is -0.274. The summed E-state index contributed by atoms with van der Waals surface area (Å²) in [6, 6.07) is 5.64. The highest BCUT2D eigenvalue weighted by Crippen LogP contribution is 2.28. The zero-order chi connectivity index (χ0) is 18.5. The minimum absolute atomic E-state index is 0.0571. The van der Waals surface area contributed by atoms with E-state index < -0.39 is 6.36 Å². The number of carbonyl (C=O) groups excluding carboxylic acids is 1. The molecule has 1 aliphatic heterocycles. The van der Waals surface area contributed by atoms with E-state index in [-0.39, 0.29) is 17.1 Å². The summed E-state index contributed by atoms with van der Waals surface area (Å²) in [5.74, 6) is -0.310. The van der Waals surface area contributed by atoms with Gasteiger partial charge in [-0.15, -0.1) is 13.2 Å². The molecule has 0 aromatic heterocycles. The lowest BCUT2D eigenvalue weighted by atomic mass is 9.90. The number of benzene rings is 1. The number of hydrogen-bond donors (Lipinski definition) is 2. The zero-order valence-electron chi connectivity index (χ0n) is 14.2. The first-order chi connectivity index (χ1) is 11.7. The van der Waals surface area contributed by atoms with Gasteiger partial charge < -0.3 is 15.8 Å². The maximum atomic E-state index is 12.1. The quantitative estimate of drug-likeness (QED) is 0.781. The molecule has 25 heavy (non-hydrogen) atoms. The third-order valence-corrected chi connectivity index (χ3v) is 4.39. The highest BCUT2D eigenvalue weighted by molar-refractivity contribution is 5.78. The van der Waals surface area contributed by atoms with Crippen molar-refractivity contribution in [3.05, 3.63) is 29.8 Å². The van der Waals surface area contributed by atoms with Crippen LogP contribution in [0.1, 0.15) is 18.9 Å². The van der Waals surface area contributed by atoms with Crippen molar-refractivity contribution in [1.82, 2.24) is 10.2 Å². The van der Waals surface area contributed by atoms with E-state index in [1.54, 1.807) is 12.1 Å². The second-order valence-electron chi connectivity index (χ2n) is 6.77. The Labute approximate surface area is 145 Å². The maximum Gasteiger partial charge on any atom is 0.573 e. The molecule has 1 atom stereocenters. The van der Waals surface area contributed by atoms with Gasteiger partial charge in [-0.25, -0.2) is 0 Å². The number of nitrogens with one attached hydrogen (secondary N) is 1. The molecule has 1 saturated heterocycles. The van der Waals surface area contributed by atoms with E-state index in [0.29, 0.717) is 26.1 Å². The summed E-state index contributed by atoms with van der Waals surface area (Å²) in [4.78, 5) is 14.1. The minimum atomic E-state index is -4.69. The molecule has 1 heterocycles. The standard InChI is InChI=1S/C17H24F3N3O2/c1-16(11-21)7-9-23(12-16)10-15(24)22-8-6-13-2-4-14(5-3-13)25-17(18,19)20/h2-5H,6-12,21H2,1H3,(H,22,24). The predicted octanol–water partition coefficient (Wildman–Crippen LogP) is 1.91. The number of nitrogens with zero attached hydrogens (tertiary/aromatic N) is 1. The van der Waals surface area contributed by atoms with Crippen molar-refractivity contribution < 1.29 is 22.7 Å². The SMILES string of the molecule is CC1(CN)CCN(CC(=O)NCCc2ccc(OC(F)(F)F)cc2)C1. The average molecular weight is 359 g/mol. The second kappa shape index (κ2) is 8.05. The number of likely N-dealkylation sites (tertiary alicyclic amines) is 1. The molecule has 2 rings (SSSR count). The molecule has 1 aromatic carbocycles. The van der Waals surface area contributed by atoms with Crippen LogP contribution in [0, 0.1) is 5.41 Å². The van der Waals surface area contributed by atoms with Crippen molar-refractivity contribution in [2.45, 2.75) is 26.1 Å². The van der Waals surface area contributed by atoms with Gasteiger partial charge in [-0.1, -0.05) is 19.1 Å². The van der Waals surface area contributed by atoms with Gasteiger partial charge in [0.25, 0.3) is 0 Å². The van der Waals surface area contributed by atoms with Crippen LogP contribution in [0.5, 0.6) is 5.75 Å². The van der Waals surface area contributed by atoms with E-state index in [2.05, 4.69) is 21.9 Å². The van der Waals surface area contributed by atoms with E-state index in [1.165, 1.54) is 12.1 Å². The van der Waals surface area contributed by atoms with Crippen LogP contribution in [0.15, 0.2) is 24.3 Å². The van der Waals surface area contributed by atoms with Gasteiger partial charge in [-0.05, 0) is 49.0 Å². The number of alkyl halides is 3. The molecule has 1 aliphatic rings. The molecule has 0 spiro atoms. The first-order valence-electron chi connectivity index (χ1n) is 8.23. The number of halogens is 3. The molecule has 0 radical (unpaired) electrons. The topological polar surface area (TPSA) is 67.6 Å². The molecule has 5 nitrogen and oxygen atoms in total. The van der Waals surface area contributed by atoms with Crippen LogP contribution in [0.25, 0.3) is 0 Å². The van der Waals surface area contributed by atoms with E-state index in [4.69, 9.17) is 5.73 Å². The van der Waals surface area contributed by atoms with E-state index in [0.717, 1.165) is 25.1 Å². The van der Waals surface area contributed by atoms with Crippen LogP contribution in [0.4, 0.5) is 13.2 Å². The monoisotopic (exact) mass is 359 g/mol. The molecular weight excluding hydrogens is 335 g/mol. The minimum Gasteiger partial charge on any atom is -0.406 e. The lowest BCUT2D eigenvalue weighted by Crippen LogP contribution is -2.38. The average Bonchev–Trinajstić information content (AvgIpc) is 2.89. The van der Waals surface area contributed by atoms with Crippen LogP contribution in [0.3, 0.4) is 0 Å². The Bertz CT molecular complexity index is 577. The van der Waals surface area contributed by atoms with Crippen molar-refractivity contribution in [3.63, 3.8) is 0 Å². The largest absolute Gasteiger partial charge is 0.573 e. The van der Waals surface area contributed by atoms with Gasteiger partial charge >= 0.3 is 6.36 Å². The summed E-state index contributed by atoms with van der Waals surface area (Å²) in [5.41, 5.74) is 6.66. The number of hydrogen-bond acceptors (Lipinski definition) is 4. The van der Waals surface area contributed by atoms with Gasteiger partial charge in [0.2, 0.25) is 5.91 Å². The number of amides is 1. The molecule has 1 aromatic rings. The first kappa shape index (κ1) is 19.5. The van der Waals surface area contributed by atoms with Gasteiger partial charge in [0.15, 0.2) is 0 Å². The normalized spacial score (nSPS) is 21.3. The molecule has 1 fully saturated rings. The van der Waals surface area contributed by atoms with Crippen LogP contribution in [0.2, 0.25) is 0 Å². The molecule has 8 heteroatoms. The Morgan fingerprint density at radius 1 is 1.36 bits per heavy atom. The summed E-state index contributed by atoms with van der Waals surface area (Å²) in [6.45, 7) is 5.18. The van der Waals surface area contributed by atoms with Crippen molar-refractivity contribution in [2.24, 2.45) is 11.1 Å². The van der Waals surface area contributed by atoms with E-state index in [9.17, 15) is 18.0 Å². The van der Waals surface area contributed by atoms with Crippen LogP contribution in [-0.2, 0) is 11.2 Å². The maximum absolute atomic E-state index is 12.1. The van der Waals surface area contributed by atoms with E-state index >= 15 is 0 Å². The molecule has 1 unspecified atom stereocenters. The summed E-state index contributed by atoms with van der Waals surface area (Å²) in [7, 11) is 0. The van der Waals surface area contributed by atoms with Crippen LogP contribution < -0.4 is 15.8 Å². The van der Waals surface area contributed by atoms with Gasteiger partial charge in [0, 0.05) is 13.1 Å². The van der Waals surface area contributed by atoms with Crippen LogP contribution >= 0.6 is 0 Å². The summed E-state index contributed by atoms with van der Waals surface area (Å²) in [6.07, 6.45) is -3.16. The third-order valence-electron chi connectivity index (χ3n) is 4.39. The highest BCUT2D eigenvalue weighted by atomic mass is 19.4. The predicted molar refractivity (Wildman–Crippen MR) is 88.1 cm³/mol. The number of nitrogens with two attached hydrogens (primary N) is 1. The van der Waals surface area contributed by atoms with Crippen LogP contribution in [-0.4, -0.2) is 49.9 Å². The molecule has 140 valence electrons. The molecular formula is C17H24F3N3O2. The van der Waals surface area contributed by atoms with E-state index in [1.807, 2.05) is 0 Å². The fourth-order valence-corrected chi connectivity index (χ4v) is 2.89. The molecule has 3 N–H and O–H groups in total. The van der Waals surface area contributed by atoms with Gasteiger partial charge in [-0.2, -0.15) is 0 Å². The van der Waals surface area contributed by atoms with Gasteiger partial charge in [-0.3, -0.25) is 9.69 Å². The molecule has 0 saturated carbocycles. The van der Waals surface area contributed by atoms with Crippen molar-refractivity contribution in [1.29, 1.82) is 0 Å². The van der Waals surface area contributed by atoms with Gasteiger partial charge in [0.05, 0.1) is 6.54 Å². The highest BCUT2D eigenvalue weighted by Gasteiger charge is 2.33. The third kappa shape index (κ3) is 6.55. The van der Waals surface area contributed by atoms with Gasteiger partial charge in [0.1, 0.15) is 5.75 Å². The Morgan fingerprint density at radius 3 is 2.60 bits per heavy atom. The molecule has 0 aliphatic carbocycles. The summed E-state index contributed by atoms with van der Waals surface area (Å²) in [5, 5.41) is 2.83. The molecule has 1 amide bonds. The lowest BCUT2D eigenvalue weighted by Gasteiger charge is -2.22. The number of carbonyl (C=O) groups is 1. The Morgan fingerprint density at radius 2 is 2.04 bits per heavy atom. The number of rotatable bonds is 7. The number of ether oxygens (including phenoxy) is 1. The summed E-state index contributed by atoms with van der Waals surface area (Å²) < 4.78 is 40.1. The first-order valence-corrected chi connectivity index (χ1v) is 8.23. The Hall–Kier alpha value is -1.80. The van der Waals surface area contributed by atoms with Crippen molar-refractivity contribution in [3.8, 4) is 5.75 Å².